The molecular formula is C15H16OS. The fraction of sp³-hybridized carbons (Fsp3) is 0.333. The molecule has 0 saturated heterocycles. The van der Waals surface area contributed by atoms with Gasteiger partial charge in [0.15, 0.2) is 0 Å². The van der Waals surface area contributed by atoms with Crippen molar-refractivity contribution in [3.8, 4) is 10.4 Å². The lowest BCUT2D eigenvalue weighted by Crippen LogP contribution is -2.20. The molecule has 2 heteroatoms. The Bertz CT molecular complexity index is 509. The molecule has 0 amide bonds. The normalized spacial score (nSPS) is 18.9. The molecular weight excluding hydrogens is 228 g/mol. The third kappa shape index (κ3) is 1.81. The van der Waals surface area contributed by atoms with Gasteiger partial charge in [-0.2, -0.15) is 0 Å². The molecule has 17 heavy (non-hydrogen) atoms. The molecule has 1 saturated carbocycles. The zero-order chi connectivity index (χ0) is 11.9. The largest absolute Gasteiger partial charge is 0.392 e. The minimum atomic E-state index is -0.232. The van der Waals surface area contributed by atoms with Crippen LogP contribution >= 0.6 is 11.3 Å². The van der Waals surface area contributed by atoms with E-state index in [4.69, 9.17) is 0 Å². The third-order valence-electron chi connectivity index (χ3n) is 3.74. The van der Waals surface area contributed by atoms with Gasteiger partial charge in [-0.25, -0.2) is 0 Å². The summed E-state index contributed by atoms with van der Waals surface area (Å²) in [5.41, 5.74) is 1.34. The van der Waals surface area contributed by atoms with E-state index in [0.29, 0.717) is 0 Å². The average molecular weight is 244 g/mol. The molecule has 1 atom stereocenters. The van der Waals surface area contributed by atoms with Crippen LogP contribution < -0.4 is 0 Å². The molecule has 0 aliphatic heterocycles. The molecule has 1 N–H and O–H groups in total. The van der Waals surface area contributed by atoms with Gasteiger partial charge in [-0.05, 0) is 37.5 Å². The quantitative estimate of drug-likeness (QED) is 0.870. The van der Waals surface area contributed by atoms with Gasteiger partial charge in [0.25, 0.3) is 0 Å². The van der Waals surface area contributed by atoms with Crippen LogP contribution in [0.1, 0.15) is 24.6 Å². The van der Waals surface area contributed by atoms with Crippen LogP contribution in [0.3, 0.4) is 0 Å². The van der Waals surface area contributed by atoms with E-state index in [1.165, 1.54) is 15.3 Å². The summed E-state index contributed by atoms with van der Waals surface area (Å²) in [6.45, 7) is 1.91. The maximum absolute atomic E-state index is 9.88. The summed E-state index contributed by atoms with van der Waals surface area (Å²) in [7, 11) is 0. The van der Waals surface area contributed by atoms with Crippen molar-refractivity contribution < 1.29 is 5.11 Å². The lowest BCUT2D eigenvalue weighted by atomic mass is 9.99. The Morgan fingerprint density at radius 3 is 2.41 bits per heavy atom. The van der Waals surface area contributed by atoms with Crippen LogP contribution in [0.5, 0.6) is 0 Å². The molecule has 1 aromatic carbocycles. The van der Waals surface area contributed by atoms with Crippen molar-refractivity contribution in [2.24, 2.45) is 0 Å². The Morgan fingerprint density at radius 1 is 1.12 bits per heavy atom. The summed E-state index contributed by atoms with van der Waals surface area (Å²) in [6.07, 6.45) is 2.02. The molecule has 1 nitrogen and oxygen atoms in total. The topological polar surface area (TPSA) is 20.2 Å². The molecule has 1 aliphatic rings. The minimum absolute atomic E-state index is 0.0672. The van der Waals surface area contributed by atoms with Gasteiger partial charge < -0.3 is 5.11 Å². The van der Waals surface area contributed by atoms with E-state index in [1.807, 2.05) is 24.3 Å². The Morgan fingerprint density at radius 2 is 1.82 bits per heavy atom. The highest BCUT2D eigenvalue weighted by molar-refractivity contribution is 7.15. The predicted octanol–water partition coefficient (Wildman–Crippen LogP) is 3.83. The second-order valence-corrected chi connectivity index (χ2v) is 5.95. The van der Waals surface area contributed by atoms with Crippen molar-refractivity contribution in [1.29, 1.82) is 0 Å². The molecule has 1 unspecified atom stereocenters. The molecule has 0 radical (unpaired) electrons. The van der Waals surface area contributed by atoms with Gasteiger partial charge in [0.1, 0.15) is 0 Å². The maximum Gasteiger partial charge on any atom is 0.0616 e. The fourth-order valence-electron chi connectivity index (χ4n) is 2.37. The number of hydrogen-bond acceptors (Lipinski definition) is 2. The number of aliphatic hydroxyl groups excluding tert-OH is 1. The van der Waals surface area contributed by atoms with Crippen molar-refractivity contribution in [3.05, 3.63) is 47.3 Å². The lowest BCUT2D eigenvalue weighted by Gasteiger charge is -2.16. The zero-order valence-electron chi connectivity index (χ0n) is 9.89. The number of aliphatic hydroxyl groups is 1. The van der Waals surface area contributed by atoms with Crippen LogP contribution in [0.25, 0.3) is 10.4 Å². The van der Waals surface area contributed by atoms with E-state index in [-0.39, 0.29) is 11.5 Å². The molecule has 3 rings (SSSR count). The smallest absolute Gasteiger partial charge is 0.0616 e. The van der Waals surface area contributed by atoms with Crippen LogP contribution in [0, 0.1) is 0 Å². The first-order valence-electron chi connectivity index (χ1n) is 6.06. The predicted molar refractivity (Wildman–Crippen MR) is 72.3 cm³/mol. The first-order chi connectivity index (χ1) is 8.22. The summed E-state index contributed by atoms with van der Waals surface area (Å²) in [4.78, 5) is 2.64. The Labute approximate surface area is 106 Å². The lowest BCUT2D eigenvalue weighted by molar-refractivity contribution is 0.152. The molecule has 88 valence electrons. The van der Waals surface area contributed by atoms with E-state index >= 15 is 0 Å². The first kappa shape index (κ1) is 11.0. The highest BCUT2D eigenvalue weighted by Gasteiger charge is 2.49. The van der Waals surface area contributed by atoms with Crippen molar-refractivity contribution in [1.82, 2.24) is 0 Å². The summed E-state index contributed by atoms with van der Waals surface area (Å²) >= 11 is 1.82. The highest BCUT2D eigenvalue weighted by atomic mass is 32.1. The van der Waals surface area contributed by atoms with E-state index < -0.39 is 0 Å². The Hall–Kier alpha value is -1.12. The summed E-state index contributed by atoms with van der Waals surface area (Å²) < 4.78 is 0. The Kier molecular flexibility index (Phi) is 2.57. The van der Waals surface area contributed by atoms with Gasteiger partial charge in [0, 0.05) is 15.2 Å². The van der Waals surface area contributed by atoms with Gasteiger partial charge in [0.2, 0.25) is 0 Å². The van der Waals surface area contributed by atoms with Crippen LogP contribution in [0.4, 0.5) is 0 Å². The number of hydrogen-bond donors (Lipinski definition) is 1. The molecule has 1 fully saturated rings. The van der Waals surface area contributed by atoms with Gasteiger partial charge in [-0.3, -0.25) is 0 Å². The monoisotopic (exact) mass is 244 g/mol. The minimum Gasteiger partial charge on any atom is -0.392 e. The molecule has 1 aliphatic carbocycles. The molecule has 0 bridgehead atoms. The SMILES string of the molecule is CC(O)C1(c2ccc(-c3ccccc3)s2)CC1. The van der Waals surface area contributed by atoms with Crippen molar-refractivity contribution in [3.63, 3.8) is 0 Å². The number of rotatable bonds is 3. The highest BCUT2D eigenvalue weighted by Crippen LogP contribution is 2.53. The third-order valence-corrected chi connectivity index (χ3v) is 5.10. The molecule has 1 heterocycles. The first-order valence-corrected chi connectivity index (χ1v) is 6.88. The van der Waals surface area contributed by atoms with Gasteiger partial charge in [-0.1, -0.05) is 30.3 Å². The molecule has 2 aromatic rings. The van der Waals surface area contributed by atoms with E-state index in [1.54, 1.807) is 0 Å². The second kappa shape index (κ2) is 3.97. The zero-order valence-corrected chi connectivity index (χ0v) is 10.7. The van der Waals surface area contributed by atoms with Crippen molar-refractivity contribution >= 4 is 11.3 Å². The summed E-state index contributed by atoms with van der Waals surface area (Å²) in [5, 5.41) is 9.88. The van der Waals surface area contributed by atoms with Crippen LogP contribution in [0.2, 0.25) is 0 Å². The van der Waals surface area contributed by atoms with Crippen LogP contribution in [-0.2, 0) is 5.41 Å². The summed E-state index contributed by atoms with van der Waals surface area (Å²) in [5.74, 6) is 0. The average Bonchev–Trinajstić information content (AvgIpc) is 3.02. The molecule has 1 aromatic heterocycles. The van der Waals surface area contributed by atoms with Gasteiger partial charge in [-0.15, -0.1) is 11.3 Å². The van der Waals surface area contributed by atoms with Crippen molar-refractivity contribution in [2.75, 3.05) is 0 Å². The fourth-order valence-corrected chi connectivity index (χ4v) is 3.71. The van der Waals surface area contributed by atoms with Crippen LogP contribution in [0.15, 0.2) is 42.5 Å². The number of benzene rings is 1. The van der Waals surface area contributed by atoms with E-state index in [2.05, 4.69) is 36.4 Å². The molecule has 0 spiro atoms. The second-order valence-electron chi connectivity index (χ2n) is 4.86. The Balaban J connectivity index is 1.94. The number of thiophene rings is 1. The van der Waals surface area contributed by atoms with Crippen molar-refractivity contribution in [2.45, 2.75) is 31.3 Å². The van der Waals surface area contributed by atoms with Crippen LogP contribution in [-0.4, -0.2) is 11.2 Å². The summed E-state index contributed by atoms with van der Waals surface area (Å²) in [6, 6.07) is 14.8. The van der Waals surface area contributed by atoms with E-state index in [0.717, 1.165) is 12.8 Å². The van der Waals surface area contributed by atoms with Gasteiger partial charge >= 0.3 is 0 Å². The standard InChI is InChI=1S/C15H16OS/c1-11(16)15(9-10-15)14-8-7-13(17-14)12-5-3-2-4-6-12/h2-8,11,16H,9-10H2,1H3. The van der Waals surface area contributed by atoms with E-state index in [9.17, 15) is 5.11 Å². The maximum atomic E-state index is 9.88. The van der Waals surface area contributed by atoms with Gasteiger partial charge in [0.05, 0.1) is 6.10 Å².